The van der Waals surface area contributed by atoms with Gasteiger partial charge >= 0.3 is 5.69 Å². The van der Waals surface area contributed by atoms with E-state index in [1.54, 1.807) is 0 Å². The molecule has 0 atom stereocenters. The summed E-state index contributed by atoms with van der Waals surface area (Å²) in [7, 11) is 0. The molecule has 0 saturated heterocycles. The van der Waals surface area contributed by atoms with Gasteiger partial charge in [-0.05, 0) is 19.4 Å². The van der Waals surface area contributed by atoms with E-state index < -0.39 is 4.92 Å². The molecule has 0 aliphatic carbocycles. The van der Waals surface area contributed by atoms with E-state index in [2.05, 4.69) is 11.9 Å². The highest BCUT2D eigenvalue weighted by Crippen LogP contribution is 2.27. The Hall–Kier alpha value is -1.36. The largest absolute Gasteiger partial charge is 0.351 e. The van der Waals surface area contributed by atoms with Crippen LogP contribution in [-0.2, 0) is 0 Å². The van der Waals surface area contributed by atoms with Gasteiger partial charge in [-0.25, -0.2) is 4.98 Å². The molecule has 0 spiro atoms. The average Bonchev–Trinajstić information content (AvgIpc) is 2.29. The third-order valence-electron chi connectivity index (χ3n) is 2.48. The van der Waals surface area contributed by atoms with Crippen molar-refractivity contribution in [1.82, 2.24) is 4.98 Å². The van der Waals surface area contributed by atoms with Crippen molar-refractivity contribution in [3.8, 4) is 0 Å². The summed E-state index contributed by atoms with van der Waals surface area (Å²) >= 11 is 5.80. The Bertz CT molecular complexity index is 398. The number of nitro groups is 1. The lowest BCUT2D eigenvalue weighted by Crippen LogP contribution is -2.25. The highest BCUT2D eigenvalue weighted by atomic mass is 35.5. The molecule has 1 aromatic heterocycles. The smallest absolute Gasteiger partial charge is 0.311 e. The van der Waals surface area contributed by atoms with E-state index in [1.165, 1.54) is 12.1 Å². The number of unbranched alkanes of at least 4 members (excludes halogenated alkanes) is 1. The zero-order chi connectivity index (χ0) is 12.8. The van der Waals surface area contributed by atoms with Gasteiger partial charge in [-0.2, -0.15) is 0 Å². The van der Waals surface area contributed by atoms with Crippen LogP contribution in [0.2, 0.25) is 5.15 Å². The van der Waals surface area contributed by atoms with E-state index in [1.807, 2.05) is 11.8 Å². The molecule has 17 heavy (non-hydrogen) atoms. The lowest BCUT2D eigenvalue weighted by molar-refractivity contribution is -0.384. The fourth-order valence-electron chi connectivity index (χ4n) is 1.56. The van der Waals surface area contributed by atoms with Gasteiger partial charge < -0.3 is 4.90 Å². The number of pyridine rings is 1. The van der Waals surface area contributed by atoms with E-state index >= 15 is 0 Å². The van der Waals surface area contributed by atoms with Gasteiger partial charge in [0, 0.05) is 19.2 Å². The molecule has 94 valence electrons. The lowest BCUT2D eigenvalue weighted by Gasteiger charge is -2.21. The first-order valence-corrected chi connectivity index (χ1v) is 6.03. The maximum absolute atomic E-state index is 10.9. The summed E-state index contributed by atoms with van der Waals surface area (Å²) in [4.78, 5) is 16.5. The predicted molar refractivity (Wildman–Crippen MR) is 68.7 cm³/mol. The summed E-state index contributed by atoms with van der Waals surface area (Å²) < 4.78 is 0. The lowest BCUT2D eigenvalue weighted by atomic mass is 10.3. The molecule has 0 amide bonds. The van der Waals surface area contributed by atoms with E-state index in [4.69, 9.17) is 11.6 Å². The number of rotatable bonds is 6. The molecule has 0 aliphatic heterocycles. The minimum Gasteiger partial charge on any atom is -0.351 e. The standard InChI is InChI=1S/C11H16ClN3O2/c1-3-5-8-14(4-2)11-9(15(16)17)6-7-10(12)13-11/h6-7H,3-5,8H2,1-2H3. The van der Waals surface area contributed by atoms with Crippen LogP contribution in [0.25, 0.3) is 0 Å². The highest BCUT2D eigenvalue weighted by molar-refractivity contribution is 6.29. The molecule has 0 N–H and O–H groups in total. The van der Waals surface area contributed by atoms with Crippen molar-refractivity contribution in [3.05, 3.63) is 27.4 Å². The van der Waals surface area contributed by atoms with Crippen LogP contribution >= 0.6 is 11.6 Å². The summed E-state index contributed by atoms with van der Waals surface area (Å²) in [6, 6.07) is 2.84. The Morgan fingerprint density at radius 3 is 2.71 bits per heavy atom. The van der Waals surface area contributed by atoms with Crippen molar-refractivity contribution in [2.45, 2.75) is 26.7 Å². The minimum absolute atomic E-state index is 0.00681. The first kappa shape index (κ1) is 13.7. The number of hydrogen-bond acceptors (Lipinski definition) is 4. The number of anilines is 1. The van der Waals surface area contributed by atoms with Crippen LogP contribution in [0.5, 0.6) is 0 Å². The van der Waals surface area contributed by atoms with Gasteiger partial charge in [0.15, 0.2) is 0 Å². The van der Waals surface area contributed by atoms with Crippen molar-refractivity contribution in [2.24, 2.45) is 0 Å². The molecule has 1 rings (SSSR count). The first-order valence-electron chi connectivity index (χ1n) is 5.66. The van der Waals surface area contributed by atoms with Crippen molar-refractivity contribution < 1.29 is 4.92 Å². The van der Waals surface area contributed by atoms with Crippen LogP contribution in [0.1, 0.15) is 26.7 Å². The second-order valence-corrected chi connectivity index (χ2v) is 4.05. The molecular weight excluding hydrogens is 242 g/mol. The van der Waals surface area contributed by atoms with Gasteiger partial charge in [0.1, 0.15) is 5.15 Å². The highest BCUT2D eigenvalue weighted by Gasteiger charge is 2.20. The van der Waals surface area contributed by atoms with E-state index in [9.17, 15) is 10.1 Å². The monoisotopic (exact) mass is 257 g/mol. The van der Waals surface area contributed by atoms with E-state index in [-0.39, 0.29) is 10.8 Å². The van der Waals surface area contributed by atoms with Crippen LogP contribution in [0.3, 0.4) is 0 Å². The van der Waals surface area contributed by atoms with E-state index in [0.717, 1.165) is 19.4 Å². The minimum atomic E-state index is -0.423. The van der Waals surface area contributed by atoms with Crippen LogP contribution in [0, 0.1) is 10.1 Å². The Kier molecular flexibility index (Phi) is 5.15. The summed E-state index contributed by atoms with van der Waals surface area (Å²) in [5.41, 5.74) is 0.00681. The molecule has 0 unspecified atom stereocenters. The van der Waals surface area contributed by atoms with Crippen LogP contribution in [-0.4, -0.2) is 23.0 Å². The van der Waals surface area contributed by atoms with Crippen molar-refractivity contribution in [1.29, 1.82) is 0 Å². The summed E-state index contributed by atoms with van der Waals surface area (Å²) in [6.07, 6.45) is 2.00. The van der Waals surface area contributed by atoms with Crippen LogP contribution in [0.15, 0.2) is 12.1 Å². The fraction of sp³-hybridized carbons (Fsp3) is 0.545. The third-order valence-corrected chi connectivity index (χ3v) is 2.69. The SMILES string of the molecule is CCCCN(CC)c1nc(Cl)ccc1[N+](=O)[O-]. The molecule has 5 nitrogen and oxygen atoms in total. The fourth-order valence-corrected chi connectivity index (χ4v) is 1.70. The molecule has 6 heteroatoms. The number of nitrogens with zero attached hydrogens (tertiary/aromatic N) is 3. The molecule has 0 saturated carbocycles. The zero-order valence-corrected chi connectivity index (χ0v) is 10.8. The van der Waals surface area contributed by atoms with Gasteiger partial charge in [0.2, 0.25) is 5.82 Å². The predicted octanol–water partition coefficient (Wildman–Crippen LogP) is 3.27. The van der Waals surface area contributed by atoms with E-state index in [0.29, 0.717) is 12.4 Å². The van der Waals surface area contributed by atoms with Gasteiger partial charge in [-0.3, -0.25) is 10.1 Å². The van der Waals surface area contributed by atoms with Crippen LogP contribution in [0.4, 0.5) is 11.5 Å². The zero-order valence-electron chi connectivity index (χ0n) is 10.0. The van der Waals surface area contributed by atoms with Crippen molar-refractivity contribution in [2.75, 3.05) is 18.0 Å². The molecular formula is C11H16ClN3O2. The Morgan fingerprint density at radius 1 is 1.47 bits per heavy atom. The Balaban J connectivity index is 3.06. The maximum atomic E-state index is 10.9. The molecule has 0 radical (unpaired) electrons. The molecule has 0 fully saturated rings. The van der Waals surface area contributed by atoms with Crippen LogP contribution < -0.4 is 4.90 Å². The summed E-state index contributed by atoms with van der Waals surface area (Å²) in [5, 5.41) is 11.2. The molecule has 1 aromatic rings. The Morgan fingerprint density at radius 2 is 2.18 bits per heavy atom. The van der Waals surface area contributed by atoms with Crippen molar-refractivity contribution in [3.63, 3.8) is 0 Å². The summed E-state index contributed by atoms with van der Waals surface area (Å²) in [6.45, 7) is 5.45. The third kappa shape index (κ3) is 3.56. The normalized spacial score (nSPS) is 10.3. The van der Waals surface area contributed by atoms with Gasteiger partial charge in [0.05, 0.1) is 4.92 Å². The van der Waals surface area contributed by atoms with Gasteiger partial charge in [-0.15, -0.1) is 0 Å². The second kappa shape index (κ2) is 6.39. The molecule has 1 heterocycles. The molecule has 0 aromatic carbocycles. The number of aromatic nitrogens is 1. The van der Waals surface area contributed by atoms with Gasteiger partial charge in [-0.1, -0.05) is 24.9 Å². The van der Waals surface area contributed by atoms with Crippen molar-refractivity contribution >= 4 is 23.1 Å². The van der Waals surface area contributed by atoms with Gasteiger partial charge in [0.25, 0.3) is 0 Å². The summed E-state index contributed by atoms with van der Waals surface area (Å²) in [5.74, 6) is 0.360. The topological polar surface area (TPSA) is 59.3 Å². The second-order valence-electron chi connectivity index (χ2n) is 3.67. The number of halogens is 1. The average molecular weight is 258 g/mol. The number of hydrogen-bond donors (Lipinski definition) is 0. The molecule has 0 bridgehead atoms. The quantitative estimate of drug-likeness (QED) is 0.446. The Labute approximate surface area is 106 Å². The maximum Gasteiger partial charge on any atom is 0.311 e. The first-order chi connectivity index (χ1) is 8.10. The molecule has 0 aliphatic rings.